The average Bonchev–Trinajstić information content (AvgIpc) is 3.32. The van der Waals surface area contributed by atoms with Gasteiger partial charge >= 0.3 is 247 Å². The Bertz CT molecular complexity index is 1680. The normalized spacial score (nSPS) is 13.3. The SMILES string of the molecule is Cc1cc(C)cc(C(=O)[NH][Ti]([Cl])([Cl])([c]2cccc3c2Cc2ccccc2-3)[SiH](c2ccccc2)c2ccccc2)c1. The van der Waals surface area contributed by atoms with E-state index in [0.29, 0.717) is 5.56 Å². The third-order valence-corrected chi connectivity index (χ3v) is 32.0. The molecule has 0 atom stereocenters. The van der Waals surface area contributed by atoms with E-state index in [1.54, 1.807) is 0 Å². The summed E-state index contributed by atoms with van der Waals surface area (Å²) in [5.74, 6) is -0.216. The minimum absolute atomic E-state index is 0.216. The first-order valence-electron chi connectivity index (χ1n) is 13.5. The zero-order chi connectivity index (χ0) is 27.9. The van der Waals surface area contributed by atoms with E-state index in [-0.39, 0.29) is 5.91 Å². The minimum atomic E-state index is -5.23. The van der Waals surface area contributed by atoms with Crippen LogP contribution in [0, 0.1) is 13.8 Å². The van der Waals surface area contributed by atoms with Crippen LogP contribution in [0.5, 0.6) is 0 Å². The first-order valence-corrected chi connectivity index (χ1v) is 23.8. The van der Waals surface area contributed by atoms with Gasteiger partial charge in [-0.1, -0.05) is 0 Å². The summed E-state index contributed by atoms with van der Waals surface area (Å²) in [5, 5.41) is 2.23. The van der Waals surface area contributed by atoms with Gasteiger partial charge in [-0.2, -0.15) is 0 Å². The molecule has 6 rings (SSSR count). The Kier molecular flexibility index (Phi) is 7.14. The van der Waals surface area contributed by atoms with E-state index in [2.05, 4.69) is 70.5 Å². The van der Waals surface area contributed by atoms with Gasteiger partial charge in [0.05, 0.1) is 0 Å². The topological polar surface area (TPSA) is 29.1 Å². The van der Waals surface area contributed by atoms with Crippen LogP contribution in [0.25, 0.3) is 11.1 Å². The zero-order valence-corrected chi connectivity index (χ0v) is 26.7. The fourth-order valence-electron chi connectivity index (χ4n) is 6.34. The molecule has 40 heavy (non-hydrogen) atoms. The van der Waals surface area contributed by atoms with Crippen molar-refractivity contribution in [2.75, 3.05) is 0 Å². The van der Waals surface area contributed by atoms with Crippen LogP contribution in [0.15, 0.2) is 121 Å². The van der Waals surface area contributed by atoms with Crippen LogP contribution < -0.4 is 18.0 Å². The van der Waals surface area contributed by atoms with Crippen LogP contribution >= 0.6 is 18.6 Å². The van der Waals surface area contributed by atoms with Crippen molar-refractivity contribution in [3.05, 3.63) is 149 Å². The van der Waals surface area contributed by atoms with E-state index in [1.807, 2.05) is 68.4 Å². The summed E-state index contributed by atoms with van der Waals surface area (Å²) in [4.78, 5) is 14.2. The summed E-state index contributed by atoms with van der Waals surface area (Å²) < 4.78 is 4.38. The van der Waals surface area contributed by atoms with Crippen LogP contribution in [0.2, 0.25) is 0 Å². The molecule has 1 aliphatic carbocycles. The van der Waals surface area contributed by atoms with Crippen molar-refractivity contribution in [2.24, 2.45) is 0 Å². The average molecular weight is 615 g/mol. The van der Waals surface area contributed by atoms with E-state index in [0.717, 1.165) is 42.9 Å². The summed E-state index contributed by atoms with van der Waals surface area (Å²) in [6, 6.07) is 41.3. The van der Waals surface area contributed by atoms with Crippen LogP contribution in [-0.2, 0) is 19.1 Å². The molecular formula is C34H30Cl2NOSiTi. The molecule has 5 aromatic carbocycles. The maximum absolute atomic E-state index is 14.2. The quantitative estimate of drug-likeness (QED) is 0.217. The first kappa shape index (κ1) is 27.3. The second-order valence-corrected chi connectivity index (χ2v) is 35.4. The Morgan fingerprint density at radius 2 is 1.25 bits per heavy atom. The van der Waals surface area contributed by atoms with E-state index in [1.165, 1.54) is 11.1 Å². The van der Waals surface area contributed by atoms with E-state index in [4.69, 9.17) is 18.6 Å². The molecule has 0 aliphatic heterocycles. The Balaban J connectivity index is 1.63. The van der Waals surface area contributed by atoms with Gasteiger partial charge in [-0.15, -0.1) is 0 Å². The molecule has 199 valence electrons. The molecular weight excluding hydrogens is 585 g/mol. The monoisotopic (exact) mass is 614 g/mol. The summed E-state index contributed by atoms with van der Waals surface area (Å²) in [5.41, 5.74) is 7.38. The summed E-state index contributed by atoms with van der Waals surface area (Å²) in [6.45, 7) is 1.54. The molecule has 1 aliphatic rings. The molecule has 5 aromatic rings. The number of fused-ring (bicyclic) bond motifs is 3. The molecule has 0 bridgehead atoms. The van der Waals surface area contributed by atoms with E-state index < -0.39 is 19.4 Å². The van der Waals surface area contributed by atoms with E-state index in [9.17, 15) is 4.79 Å². The molecule has 0 unspecified atom stereocenters. The van der Waals surface area contributed by atoms with Crippen molar-refractivity contribution in [2.45, 2.75) is 20.3 Å². The Morgan fingerprint density at radius 3 is 1.88 bits per heavy atom. The standard InChI is InChI=1S/C13H9.C12H11Si.C9H11NO.2ClH.Ti/c1-3-7-12-10(5-1)9-11-6-2-4-8-13(11)12;1-3-7-11(8-4-1)13-12-9-5-2-6-10-12;1-6-3-7(2)5-8(4-6)9(10)11;;;/h1-5,7-8H,9H2;1-10,13H;3-5H,1-2H3,(H2,10,11);2*1H;/q;;;;;+3/p-3. The molecule has 0 saturated carbocycles. The number of hydrogen-bond donors (Lipinski definition) is 1. The van der Waals surface area contributed by atoms with Crippen LogP contribution in [0.4, 0.5) is 0 Å². The molecule has 0 saturated heterocycles. The second-order valence-electron chi connectivity index (χ2n) is 10.8. The number of halogens is 2. The van der Waals surface area contributed by atoms with E-state index >= 15 is 0 Å². The molecule has 0 aromatic heterocycles. The number of aryl methyl sites for hydroxylation is 2. The maximum atomic E-state index is 14.2. The number of benzene rings is 5. The fraction of sp³-hybridized carbons (Fsp3) is 0.0882. The molecule has 2 nitrogen and oxygen atoms in total. The third-order valence-electron chi connectivity index (χ3n) is 7.94. The van der Waals surface area contributed by atoms with Crippen molar-refractivity contribution in [1.82, 2.24) is 3.80 Å². The molecule has 0 heterocycles. The predicted molar refractivity (Wildman–Crippen MR) is 169 cm³/mol. The Hall–Kier alpha value is -2.92. The molecule has 6 heteroatoms. The molecule has 0 spiro atoms. The van der Waals surface area contributed by atoms with Crippen molar-refractivity contribution in [3.63, 3.8) is 0 Å². The number of rotatable bonds is 6. The zero-order valence-electron chi connectivity index (χ0n) is 22.5. The number of nitrogens with one attached hydrogen (secondary N) is 1. The summed E-state index contributed by atoms with van der Waals surface area (Å²) >= 11 is -5.23. The molecule has 1 N–H and O–H groups in total. The van der Waals surface area contributed by atoms with Gasteiger partial charge in [0.25, 0.3) is 0 Å². The van der Waals surface area contributed by atoms with Crippen LogP contribution in [-0.4, -0.2) is 12.6 Å². The molecule has 1 amide bonds. The number of hydrogen-bond acceptors (Lipinski definition) is 1. The number of carbonyl (C=O) groups is 1. The first-order chi connectivity index (χ1) is 19.2. The van der Waals surface area contributed by atoms with Crippen LogP contribution in [0.3, 0.4) is 0 Å². The second kappa shape index (κ2) is 10.5. The third kappa shape index (κ3) is 4.81. The van der Waals surface area contributed by atoms with Gasteiger partial charge in [-0.25, -0.2) is 0 Å². The van der Waals surface area contributed by atoms with Gasteiger partial charge in [0.15, 0.2) is 0 Å². The summed E-state index contributed by atoms with van der Waals surface area (Å²) in [7, 11) is 16.4. The number of carbonyl (C=O) groups excluding carboxylic acids is 1. The van der Waals surface area contributed by atoms with Crippen molar-refractivity contribution in [1.29, 1.82) is 0 Å². The Labute approximate surface area is 245 Å². The number of amides is 1. The molecule has 0 fully saturated rings. The van der Waals surface area contributed by atoms with Gasteiger partial charge in [0.2, 0.25) is 0 Å². The fourth-order valence-corrected chi connectivity index (χ4v) is 32.0. The van der Waals surface area contributed by atoms with Gasteiger partial charge in [0, 0.05) is 0 Å². The van der Waals surface area contributed by atoms with Crippen molar-refractivity contribution >= 4 is 45.4 Å². The van der Waals surface area contributed by atoms with Crippen molar-refractivity contribution in [3.8, 4) is 11.1 Å². The van der Waals surface area contributed by atoms with Gasteiger partial charge in [-0.05, 0) is 0 Å². The van der Waals surface area contributed by atoms with Gasteiger partial charge < -0.3 is 0 Å². The van der Waals surface area contributed by atoms with Crippen LogP contribution in [0.1, 0.15) is 32.6 Å². The molecule has 0 radical (unpaired) electrons. The Morgan fingerprint density at radius 1 is 0.700 bits per heavy atom. The van der Waals surface area contributed by atoms with Gasteiger partial charge in [-0.3, -0.25) is 0 Å². The predicted octanol–water partition coefficient (Wildman–Crippen LogP) is 6.38. The van der Waals surface area contributed by atoms with Gasteiger partial charge in [0.1, 0.15) is 0 Å². The van der Waals surface area contributed by atoms with Crippen molar-refractivity contribution < 1.29 is 17.5 Å². The summed E-state index contributed by atoms with van der Waals surface area (Å²) in [6.07, 6.45) is 0.741.